The number of nitrogens with one attached hydrogen (secondary N) is 2. The lowest BCUT2D eigenvalue weighted by molar-refractivity contribution is -0.274. The monoisotopic (exact) mass is 620 g/mol. The summed E-state index contributed by atoms with van der Waals surface area (Å²) < 4.78 is 88.4. The molecule has 1 aliphatic rings. The molecule has 1 fully saturated rings. The average Bonchev–Trinajstić information content (AvgIpc) is 3.28. The number of imidazole rings is 1. The number of carbonyl (C=O) groups excluding carboxylic acids is 1. The first-order valence-electron chi connectivity index (χ1n) is 13.9. The molecule has 1 aliphatic carbocycles. The van der Waals surface area contributed by atoms with Crippen molar-refractivity contribution in [1.82, 2.24) is 9.55 Å². The number of carbonyl (C=O) groups is 1. The molecule has 4 aromatic rings. The number of fused-ring (bicyclic) bond motifs is 1. The minimum absolute atomic E-state index is 0.00764. The van der Waals surface area contributed by atoms with Crippen molar-refractivity contribution in [3.63, 3.8) is 0 Å². The number of anilines is 3. The van der Waals surface area contributed by atoms with Crippen LogP contribution in [-0.4, -0.2) is 28.4 Å². The van der Waals surface area contributed by atoms with E-state index in [1.807, 2.05) is 6.07 Å². The minimum Gasteiger partial charge on any atom is -0.484 e. The van der Waals surface area contributed by atoms with Crippen molar-refractivity contribution in [3.05, 3.63) is 72.3 Å². The van der Waals surface area contributed by atoms with Gasteiger partial charge in [-0.25, -0.2) is 4.98 Å². The zero-order valence-corrected chi connectivity index (χ0v) is 23.9. The topological polar surface area (TPSA) is 77.4 Å². The van der Waals surface area contributed by atoms with E-state index >= 15 is 0 Å². The Kier molecular flexibility index (Phi) is 8.41. The first kappa shape index (κ1) is 31.0. The first-order valence-corrected chi connectivity index (χ1v) is 13.9. The zero-order chi connectivity index (χ0) is 31.7. The largest absolute Gasteiger partial charge is 0.573 e. The van der Waals surface area contributed by atoms with Gasteiger partial charge in [0.05, 0.1) is 16.6 Å². The zero-order valence-electron chi connectivity index (χ0n) is 23.9. The Morgan fingerprint density at radius 1 is 0.977 bits per heavy atom. The van der Waals surface area contributed by atoms with Gasteiger partial charge in [0, 0.05) is 23.5 Å². The summed E-state index contributed by atoms with van der Waals surface area (Å²) in [5.41, 5.74) is 1.08. The fourth-order valence-electron chi connectivity index (χ4n) is 5.49. The Bertz CT molecular complexity index is 1630. The highest BCUT2D eigenvalue weighted by atomic mass is 19.4. The molecule has 0 spiro atoms. The Morgan fingerprint density at radius 3 is 2.39 bits per heavy atom. The SMILES string of the molecule is CC1(C)CCCC(n2c(Nc3ccc(OC(F)(F)F)cc3)nc3cc(OCC(=O)Nc4cccc(C(F)(F)F)c4)ccc32)C1. The smallest absolute Gasteiger partial charge is 0.484 e. The molecule has 1 heterocycles. The molecule has 1 atom stereocenters. The molecule has 2 N–H and O–H groups in total. The van der Waals surface area contributed by atoms with E-state index in [4.69, 9.17) is 9.72 Å². The molecule has 7 nitrogen and oxygen atoms in total. The lowest BCUT2D eigenvalue weighted by atomic mass is 9.75. The van der Waals surface area contributed by atoms with Crippen molar-refractivity contribution < 1.29 is 40.6 Å². The van der Waals surface area contributed by atoms with Gasteiger partial charge in [0.25, 0.3) is 5.91 Å². The third-order valence-electron chi connectivity index (χ3n) is 7.39. The Morgan fingerprint density at radius 2 is 1.70 bits per heavy atom. The number of hydrogen-bond donors (Lipinski definition) is 2. The number of amides is 1. The Hall–Kier alpha value is -4.42. The summed E-state index contributed by atoms with van der Waals surface area (Å²) in [5, 5.41) is 5.62. The van der Waals surface area contributed by atoms with Crippen LogP contribution < -0.4 is 20.1 Å². The highest BCUT2D eigenvalue weighted by molar-refractivity contribution is 5.92. The third-order valence-corrected chi connectivity index (χ3v) is 7.39. The van der Waals surface area contributed by atoms with Gasteiger partial charge in [0.1, 0.15) is 11.5 Å². The lowest BCUT2D eigenvalue weighted by Crippen LogP contribution is -2.25. The van der Waals surface area contributed by atoms with E-state index in [-0.39, 0.29) is 22.9 Å². The summed E-state index contributed by atoms with van der Waals surface area (Å²) in [6.45, 7) is 3.97. The molecule has 0 radical (unpaired) electrons. The van der Waals surface area contributed by atoms with Crippen LogP contribution in [0.1, 0.15) is 51.1 Å². The second-order valence-electron chi connectivity index (χ2n) is 11.5. The number of aromatic nitrogens is 2. The number of halogens is 6. The van der Waals surface area contributed by atoms with Gasteiger partial charge < -0.3 is 24.7 Å². The predicted octanol–water partition coefficient (Wildman–Crippen LogP) is 8.86. The number of ether oxygens (including phenoxy) is 2. The molecule has 0 saturated heterocycles. The van der Waals surface area contributed by atoms with Gasteiger partial charge in [-0.2, -0.15) is 13.2 Å². The van der Waals surface area contributed by atoms with Crippen molar-refractivity contribution in [3.8, 4) is 11.5 Å². The molecule has 0 aliphatic heterocycles. The quantitative estimate of drug-likeness (QED) is 0.193. The third kappa shape index (κ3) is 7.74. The molecular weight excluding hydrogens is 590 g/mol. The van der Waals surface area contributed by atoms with E-state index in [1.54, 1.807) is 12.1 Å². The van der Waals surface area contributed by atoms with Crippen LogP contribution in [0.4, 0.5) is 43.7 Å². The van der Waals surface area contributed by atoms with Crippen LogP contribution >= 0.6 is 0 Å². The van der Waals surface area contributed by atoms with Crippen LogP contribution in [0.3, 0.4) is 0 Å². The lowest BCUT2D eigenvalue weighted by Gasteiger charge is -2.36. The molecule has 1 unspecified atom stereocenters. The van der Waals surface area contributed by atoms with Crippen molar-refractivity contribution in [2.24, 2.45) is 5.41 Å². The number of nitrogens with zero attached hydrogens (tertiary/aromatic N) is 2. The van der Waals surface area contributed by atoms with Gasteiger partial charge in [-0.3, -0.25) is 4.79 Å². The summed E-state index contributed by atoms with van der Waals surface area (Å²) in [5.74, 6) is -0.165. The summed E-state index contributed by atoms with van der Waals surface area (Å²) in [6.07, 6.45) is -5.44. The number of alkyl halides is 6. The van der Waals surface area contributed by atoms with Crippen molar-refractivity contribution >= 4 is 34.3 Å². The molecule has 1 amide bonds. The average molecular weight is 621 g/mol. The van der Waals surface area contributed by atoms with Gasteiger partial charge in [0.2, 0.25) is 5.95 Å². The van der Waals surface area contributed by atoms with Crippen LogP contribution in [0.5, 0.6) is 11.5 Å². The fraction of sp³-hybridized carbons (Fsp3) is 0.355. The molecule has 13 heteroatoms. The summed E-state index contributed by atoms with van der Waals surface area (Å²) in [6, 6.07) is 14.9. The van der Waals surface area contributed by atoms with E-state index in [0.717, 1.165) is 43.3 Å². The van der Waals surface area contributed by atoms with Gasteiger partial charge in [0.15, 0.2) is 6.61 Å². The second kappa shape index (κ2) is 11.9. The fourth-order valence-corrected chi connectivity index (χ4v) is 5.49. The number of benzene rings is 3. The predicted molar refractivity (Wildman–Crippen MR) is 153 cm³/mol. The van der Waals surface area contributed by atoms with E-state index < -0.39 is 30.6 Å². The Labute approximate surface area is 249 Å². The standard InChI is InChI=1S/C31H30F6N4O3/c1-29(2)14-4-7-22(17-29)41-26-13-12-24(43-18-27(42)38-21-6-3-5-19(15-21)30(32,33)34)16-25(26)40-28(41)39-20-8-10-23(11-9-20)44-31(35,36)37/h3,5-6,8-13,15-16,22H,4,7,14,17-18H2,1-2H3,(H,38,42)(H,39,40). The highest BCUT2D eigenvalue weighted by Crippen LogP contribution is 2.44. The Balaban J connectivity index is 1.36. The normalized spacial score (nSPS) is 16.9. The number of hydrogen-bond acceptors (Lipinski definition) is 5. The molecule has 234 valence electrons. The van der Waals surface area contributed by atoms with Crippen LogP contribution in [0.2, 0.25) is 0 Å². The van der Waals surface area contributed by atoms with E-state index in [2.05, 4.69) is 33.8 Å². The maximum absolute atomic E-state index is 13.0. The van der Waals surface area contributed by atoms with E-state index in [0.29, 0.717) is 22.9 Å². The van der Waals surface area contributed by atoms with E-state index in [1.165, 1.54) is 36.4 Å². The van der Waals surface area contributed by atoms with Crippen LogP contribution in [0.15, 0.2) is 66.7 Å². The van der Waals surface area contributed by atoms with Crippen molar-refractivity contribution in [1.29, 1.82) is 0 Å². The second-order valence-corrected chi connectivity index (χ2v) is 11.5. The summed E-state index contributed by atoms with van der Waals surface area (Å²) in [4.78, 5) is 17.2. The molecule has 3 aromatic carbocycles. The maximum atomic E-state index is 13.0. The van der Waals surface area contributed by atoms with Crippen molar-refractivity contribution in [2.75, 3.05) is 17.2 Å². The summed E-state index contributed by atoms with van der Waals surface area (Å²) in [7, 11) is 0. The molecule has 1 aromatic heterocycles. The first-order chi connectivity index (χ1) is 20.6. The minimum atomic E-state index is -4.80. The van der Waals surface area contributed by atoms with Crippen LogP contribution in [0.25, 0.3) is 11.0 Å². The summed E-state index contributed by atoms with van der Waals surface area (Å²) >= 11 is 0. The molecule has 44 heavy (non-hydrogen) atoms. The molecule has 1 saturated carbocycles. The van der Waals surface area contributed by atoms with Crippen LogP contribution in [0, 0.1) is 5.41 Å². The highest BCUT2D eigenvalue weighted by Gasteiger charge is 2.33. The number of rotatable bonds is 8. The van der Waals surface area contributed by atoms with Gasteiger partial charge >= 0.3 is 12.5 Å². The van der Waals surface area contributed by atoms with Crippen LogP contribution in [-0.2, 0) is 11.0 Å². The van der Waals surface area contributed by atoms with E-state index in [9.17, 15) is 31.1 Å². The molecule has 0 bridgehead atoms. The van der Waals surface area contributed by atoms with Gasteiger partial charge in [-0.05, 0) is 79.3 Å². The maximum Gasteiger partial charge on any atom is 0.573 e. The molecule has 5 rings (SSSR count). The van der Waals surface area contributed by atoms with Gasteiger partial charge in [-0.15, -0.1) is 13.2 Å². The van der Waals surface area contributed by atoms with Crippen molar-refractivity contribution in [2.45, 2.75) is 58.1 Å². The van der Waals surface area contributed by atoms with Gasteiger partial charge in [-0.1, -0.05) is 26.3 Å². The molecular formula is C31H30F6N4O3.